The number of nitrogens with zero attached hydrogens (tertiary/aromatic N) is 13. The van der Waals surface area contributed by atoms with Crippen LogP contribution < -0.4 is 28.7 Å². The van der Waals surface area contributed by atoms with Gasteiger partial charge in [-0.15, -0.1) is 11.3 Å². The fourth-order valence-corrected chi connectivity index (χ4v) is 20.1. The summed E-state index contributed by atoms with van der Waals surface area (Å²) in [5.41, 5.74) is 30.8. The number of guanidine groups is 5. The Morgan fingerprint density at radius 3 is 1.04 bits per heavy atom. The van der Waals surface area contributed by atoms with Gasteiger partial charge in [0.1, 0.15) is 62.6 Å². The van der Waals surface area contributed by atoms with Gasteiger partial charge in [-0.05, 0) is 249 Å². The van der Waals surface area contributed by atoms with Gasteiger partial charge >= 0.3 is 12.4 Å². The summed E-state index contributed by atoms with van der Waals surface area (Å²) in [5, 5.41) is 16.9. The Morgan fingerprint density at radius 2 is 0.697 bits per heavy atom. The van der Waals surface area contributed by atoms with Crippen molar-refractivity contribution in [1.82, 2.24) is 34.3 Å². The summed E-state index contributed by atoms with van der Waals surface area (Å²) in [5.74, 6) is -9.05. The molecule has 734 valence electrons. The van der Waals surface area contributed by atoms with Crippen molar-refractivity contribution in [2.45, 2.75) is 155 Å². The molecular formula is C106H100F12N18O5S. The minimum Gasteiger partial charge on any atom is -0.369 e. The standard InChI is InChI=1S/C26H24N6OS.2C21H22FN3O.2C19H16F5N3O/c1-4-32-14-19-11-18(8-9-21(19)30-32)23-24(33)31(3)25(28)29-26(23,2)22-12-20(15-34-22)17-7-5-6-16(10-17)13-27;2*1-21(16-4-3-5-17(22)12-16)18(19(26)25(2)20(23)24-21)15-10-8-14(9-11-15)13-6-7-13;2*1-18(15-12(20)4-3-5-13(15)21)14(16(28)27(2)17(25)26-18)10-6-8-11(9-7-10)19(22,23)24/h5-12,14-15,23H,4H2,1-3H3,(H2,28,29);2*3-5,8-13,18H,6-7H2,1-2H3,(H2,23,24);2*3-9,14H,1-2H3,(H2,25,26)/t23-,26+;18-,21+;18-,21-;14-,18+;14-,18-/m00110/s1. The number of alkyl halides is 6. The molecule has 2 aromatic heterocycles. The third-order valence-electron chi connectivity index (χ3n) is 27.3. The van der Waals surface area contributed by atoms with E-state index in [1.54, 1.807) is 62.8 Å². The van der Waals surface area contributed by atoms with E-state index in [0.717, 1.165) is 145 Å². The van der Waals surface area contributed by atoms with Crippen LogP contribution in [0, 0.1) is 46.2 Å². The van der Waals surface area contributed by atoms with Gasteiger partial charge in [0.05, 0.1) is 69.0 Å². The number of benzene rings is 10. The molecule has 0 bridgehead atoms. The molecule has 19 rings (SSSR count). The molecule has 0 unspecified atom stereocenters. The number of rotatable bonds is 14. The lowest BCUT2D eigenvalue weighted by Gasteiger charge is -2.41. The summed E-state index contributed by atoms with van der Waals surface area (Å²) in [6.07, 6.45) is -2.21. The maximum absolute atomic E-state index is 14.5. The van der Waals surface area contributed by atoms with E-state index in [-0.39, 0.29) is 70.3 Å². The Labute approximate surface area is 814 Å². The second kappa shape index (κ2) is 39.1. The fourth-order valence-electron chi connectivity index (χ4n) is 19.0. The van der Waals surface area contributed by atoms with Crippen molar-refractivity contribution >= 4 is 81.6 Å². The van der Waals surface area contributed by atoms with Gasteiger partial charge in [0.2, 0.25) is 29.5 Å². The highest BCUT2D eigenvalue weighted by molar-refractivity contribution is 7.10. The summed E-state index contributed by atoms with van der Waals surface area (Å²) in [4.78, 5) is 95.2. The van der Waals surface area contributed by atoms with Gasteiger partial charge in [-0.3, -0.25) is 53.2 Å². The fraction of sp³-hybridized carbons (Fsp3) is 0.283. The highest BCUT2D eigenvalue weighted by atomic mass is 32.1. The monoisotopic (exact) mass is 1960 g/mol. The van der Waals surface area contributed by atoms with Crippen LogP contribution in [0.15, 0.2) is 267 Å². The predicted molar refractivity (Wildman–Crippen MR) is 518 cm³/mol. The number of aromatic nitrogens is 2. The molecule has 7 heterocycles. The van der Waals surface area contributed by atoms with Crippen molar-refractivity contribution in [3.05, 3.63) is 360 Å². The second-order valence-corrected chi connectivity index (χ2v) is 37.7. The second-order valence-electron chi connectivity index (χ2n) is 36.8. The zero-order chi connectivity index (χ0) is 103. The third kappa shape index (κ3) is 19.6. The Balaban J connectivity index is 0.000000134. The van der Waals surface area contributed by atoms with Gasteiger partial charge in [0, 0.05) is 58.2 Å². The first-order chi connectivity index (χ1) is 67.1. The molecule has 7 aliphatic rings. The smallest absolute Gasteiger partial charge is 0.369 e. The molecule has 10 N–H and O–H groups in total. The molecule has 5 aliphatic heterocycles. The molecule has 2 saturated carbocycles. The number of fused-ring (bicyclic) bond motifs is 1. The lowest BCUT2D eigenvalue weighted by molar-refractivity contribution is -0.138. The molecule has 10 atom stereocenters. The molecule has 23 nitrogen and oxygen atoms in total. The molecule has 0 spiro atoms. The highest BCUT2D eigenvalue weighted by Gasteiger charge is 2.55. The minimum atomic E-state index is -4.56. The topological polar surface area (TPSA) is 335 Å². The average molecular weight is 1970 g/mol. The average Bonchev–Trinajstić information content (AvgIpc) is 0.984. The van der Waals surface area contributed by atoms with Gasteiger partial charge in [-0.2, -0.15) is 36.7 Å². The van der Waals surface area contributed by atoms with Crippen LogP contribution in [0.2, 0.25) is 0 Å². The quantitative estimate of drug-likeness (QED) is 0.0635. The molecule has 142 heavy (non-hydrogen) atoms. The number of halogens is 12. The van der Waals surface area contributed by atoms with Gasteiger partial charge in [0.15, 0.2) is 29.8 Å². The van der Waals surface area contributed by atoms with E-state index in [2.05, 4.69) is 61.5 Å². The van der Waals surface area contributed by atoms with Crippen LogP contribution in [0.25, 0.3) is 22.0 Å². The van der Waals surface area contributed by atoms with E-state index in [1.165, 1.54) is 104 Å². The van der Waals surface area contributed by atoms with E-state index in [0.29, 0.717) is 28.5 Å². The number of aryl methyl sites for hydroxylation is 1. The number of carbonyl (C=O) groups is 5. The van der Waals surface area contributed by atoms with Gasteiger partial charge in [0.25, 0.3) is 0 Å². The number of carbonyl (C=O) groups excluding carboxylic acids is 5. The van der Waals surface area contributed by atoms with Crippen LogP contribution in [0.1, 0.15) is 191 Å². The van der Waals surface area contributed by atoms with Crippen molar-refractivity contribution < 1.29 is 76.7 Å². The first-order valence-corrected chi connectivity index (χ1v) is 46.1. The SMILES string of the molecule is CCn1cc2cc([C@H]3C(=O)N(C)C(N)=N[C@]3(C)c3cc(-c4cccc(C#N)c4)cs3)ccc2n1.CN1C(=O)[C@@H](c2ccc(C(F)(F)F)cc2)[C@@](C)(c2c(F)cccc2F)N=C1N.CN1C(=O)[C@@H](c2ccc(C3CC3)cc2)[C@@](C)(c2cccc(F)c2)N=C1N.CN1C(=O)[C@H](c2ccc(C(F)(F)F)cc2)[C@@](C)(c2c(F)cccc2F)N=C1N.CN1C(=O)[C@H](c2ccc(C3CC3)cc2)[C@@](C)(c2cccc(F)c2)N=C1N. The lowest BCUT2D eigenvalue weighted by atomic mass is 9.74. The van der Waals surface area contributed by atoms with Crippen molar-refractivity contribution in [2.24, 2.45) is 53.6 Å². The van der Waals surface area contributed by atoms with Crippen LogP contribution in [0.5, 0.6) is 0 Å². The molecular weight excluding hydrogens is 1870 g/mol. The zero-order valence-corrected chi connectivity index (χ0v) is 79.7. The summed E-state index contributed by atoms with van der Waals surface area (Å²) >= 11 is 1.55. The van der Waals surface area contributed by atoms with E-state index in [1.807, 2.05) is 105 Å². The molecule has 36 heteroatoms. The Hall–Kier alpha value is -15.3. The number of hydrogen-bond acceptors (Lipinski definition) is 18. The van der Waals surface area contributed by atoms with E-state index < -0.39 is 127 Å². The van der Waals surface area contributed by atoms with E-state index in [4.69, 9.17) is 33.7 Å². The van der Waals surface area contributed by atoms with Crippen LogP contribution in [-0.4, -0.2) is 129 Å². The van der Waals surface area contributed by atoms with Crippen molar-refractivity contribution in [3.8, 4) is 17.2 Å². The van der Waals surface area contributed by atoms with Crippen LogP contribution in [0.3, 0.4) is 0 Å². The third-order valence-corrected chi connectivity index (χ3v) is 28.5. The van der Waals surface area contributed by atoms with Gasteiger partial charge in [-0.1, -0.05) is 127 Å². The number of aliphatic imine (C=N–C) groups is 5. The summed E-state index contributed by atoms with van der Waals surface area (Å²) in [6.45, 7) is 11.1. The van der Waals surface area contributed by atoms with Crippen molar-refractivity contribution in [2.75, 3.05) is 35.2 Å². The molecule has 0 saturated heterocycles. The molecule has 5 amide bonds. The van der Waals surface area contributed by atoms with Crippen LogP contribution in [0.4, 0.5) is 52.7 Å². The van der Waals surface area contributed by atoms with E-state index in [9.17, 15) is 81.9 Å². The number of nitriles is 1. The lowest BCUT2D eigenvalue weighted by Crippen LogP contribution is -2.53. The Kier molecular flexibility index (Phi) is 27.8. The number of amides is 5. The number of hydrogen-bond donors (Lipinski definition) is 5. The predicted octanol–water partition coefficient (Wildman–Crippen LogP) is 19.0. The molecule has 0 radical (unpaired) electrons. The number of thiophene rings is 1. The molecule has 10 aromatic carbocycles. The van der Waals surface area contributed by atoms with Crippen LogP contribution >= 0.6 is 11.3 Å². The molecule has 2 aliphatic carbocycles. The normalized spacial score (nSPS) is 23.5. The van der Waals surface area contributed by atoms with Crippen LogP contribution in [-0.2, 0) is 70.6 Å². The maximum Gasteiger partial charge on any atom is 0.416 e. The Bertz CT molecular complexity index is 6770. The zero-order valence-electron chi connectivity index (χ0n) is 78.9. The summed E-state index contributed by atoms with van der Waals surface area (Å²) in [6, 6.07) is 60.6. The summed E-state index contributed by atoms with van der Waals surface area (Å²) < 4.78 is 165. The summed E-state index contributed by atoms with van der Waals surface area (Å²) in [7, 11) is 7.56. The van der Waals surface area contributed by atoms with Crippen molar-refractivity contribution in [1.29, 1.82) is 5.26 Å². The molecule has 12 aromatic rings. The van der Waals surface area contributed by atoms with Crippen molar-refractivity contribution in [3.63, 3.8) is 0 Å². The number of likely N-dealkylation sites (N-methyl/N-ethyl adjacent to an activating group) is 5. The largest absolute Gasteiger partial charge is 0.416 e. The minimum absolute atomic E-state index is 0.0985. The highest BCUT2D eigenvalue weighted by Crippen LogP contribution is 2.54. The number of nitrogens with two attached hydrogens (primary N) is 5. The Morgan fingerprint density at radius 1 is 0.380 bits per heavy atom. The van der Waals surface area contributed by atoms with E-state index >= 15 is 0 Å². The first kappa shape index (κ1) is 101. The van der Waals surface area contributed by atoms with Gasteiger partial charge in [-0.25, -0.2) is 51.3 Å². The maximum atomic E-state index is 14.5. The molecule has 2 fully saturated rings. The first-order valence-electron chi connectivity index (χ1n) is 45.2. The van der Waals surface area contributed by atoms with Gasteiger partial charge < -0.3 is 28.7 Å².